The molecule has 6 heteroatoms. The number of furan rings is 1. The molecule has 0 unspecified atom stereocenters. The number of para-hydroxylation sites is 1. The Balaban J connectivity index is 1.81. The Hall–Kier alpha value is -2.47. The molecule has 1 aromatic heterocycles. The van der Waals surface area contributed by atoms with Gasteiger partial charge in [0.25, 0.3) is 5.91 Å². The number of carbonyl (C=O) groups excluding carboxylic acids is 2. The van der Waals surface area contributed by atoms with Gasteiger partial charge in [0.2, 0.25) is 0 Å². The number of amides is 1. The van der Waals surface area contributed by atoms with Crippen LogP contribution in [0.15, 0.2) is 58.1 Å². The summed E-state index contributed by atoms with van der Waals surface area (Å²) in [6.45, 7) is -0.343. The van der Waals surface area contributed by atoms with E-state index in [2.05, 4.69) is 5.32 Å². The normalized spacial score (nSPS) is 10.6. The summed E-state index contributed by atoms with van der Waals surface area (Å²) in [6, 6.07) is 10.8. The van der Waals surface area contributed by atoms with Gasteiger partial charge in [0.15, 0.2) is 6.61 Å². The van der Waals surface area contributed by atoms with E-state index in [1.807, 2.05) is 24.5 Å². The van der Waals surface area contributed by atoms with Gasteiger partial charge in [0.05, 0.1) is 12.0 Å². The molecule has 0 spiro atoms. The Kier molecular flexibility index (Phi) is 5.85. The van der Waals surface area contributed by atoms with Gasteiger partial charge in [-0.05, 0) is 36.6 Å². The smallest absolute Gasteiger partial charge is 0.331 e. The van der Waals surface area contributed by atoms with E-state index in [4.69, 9.17) is 9.15 Å². The number of nitrogens with one attached hydrogen (secondary N) is 1. The fraction of sp³-hybridized carbons (Fsp3) is 0.125. The van der Waals surface area contributed by atoms with Crippen molar-refractivity contribution in [1.82, 2.24) is 0 Å². The van der Waals surface area contributed by atoms with E-state index in [1.54, 1.807) is 18.2 Å². The van der Waals surface area contributed by atoms with Crippen LogP contribution in [0.1, 0.15) is 5.76 Å². The second-order valence-electron chi connectivity index (χ2n) is 4.20. The zero-order chi connectivity index (χ0) is 15.8. The third-order valence-electron chi connectivity index (χ3n) is 2.65. The van der Waals surface area contributed by atoms with Gasteiger partial charge in [0.1, 0.15) is 5.76 Å². The van der Waals surface area contributed by atoms with Crippen LogP contribution in [0.25, 0.3) is 6.08 Å². The Morgan fingerprint density at radius 2 is 2.09 bits per heavy atom. The first kappa shape index (κ1) is 15.9. The maximum atomic E-state index is 11.8. The number of hydrogen-bond acceptors (Lipinski definition) is 5. The van der Waals surface area contributed by atoms with Gasteiger partial charge >= 0.3 is 5.97 Å². The number of esters is 1. The highest BCUT2D eigenvalue weighted by Gasteiger charge is 2.08. The molecule has 0 saturated heterocycles. The van der Waals surface area contributed by atoms with Gasteiger partial charge in [-0.2, -0.15) is 0 Å². The van der Waals surface area contributed by atoms with Gasteiger partial charge in [-0.15, -0.1) is 11.8 Å². The molecular formula is C16H15NO4S. The maximum absolute atomic E-state index is 11.8. The SMILES string of the molecule is CSc1ccccc1NC(=O)COC(=O)/C=C/c1ccco1. The lowest BCUT2D eigenvalue weighted by Gasteiger charge is -2.08. The summed E-state index contributed by atoms with van der Waals surface area (Å²) in [5.74, 6) is -0.457. The number of ether oxygens (including phenoxy) is 1. The predicted molar refractivity (Wildman–Crippen MR) is 85.6 cm³/mol. The summed E-state index contributed by atoms with van der Waals surface area (Å²) < 4.78 is 9.90. The number of carbonyl (C=O) groups is 2. The molecule has 0 radical (unpaired) electrons. The fourth-order valence-electron chi connectivity index (χ4n) is 1.66. The molecule has 1 heterocycles. The monoisotopic (exact) mass is 317 g/mol. The molecular weight excluding hydrogens is 302 g/mol. The Morgan fingerprint density at radius 1 is 1.27 bits per heavy atom. The van der Waals surface area contributed by atoms with Crippen molar-refractivity contribution < 1.29 is 18.7 Å². The lowest BCUT2D eigenvalue weighted by molar-refractivity contribution is -0.142. The Bertz CT molecular complexity index is 665. The van der Waals surface area contributed by atoms with Gasteiger partial charge in [-0.25, -0.2) is 4.79 Å². The first-order chi connectivity index (χ1) is 10.7. The van der Waals surface area contributed by atoms with Crippen molar-refractivity contribution in [2.75, 3.05) is 18.2 Å². The summed E-state index contributed by atoms with van der Waals surface area (Å²) in [6.07, 6.45) is 6.11. The molecule has 1 aromatic carbocycles. The van der Waals surface area contributed by atoms with Crippen molar-refractivity contribution in [3.8, 4) is 0 Å². The highest BCUT2D eigenvalue weighted by Crippen LogP contribution is 2.24. The van der Waals surface area contributed by atoms with Crippen LogP contribution in [0.2, 0.25) is 0 Å². The topological polar surface area (TPSA) is 68.5 Å². The van der Waals surface area contributed by atoms with Crippen molar-refractivity contribution in [3.05, 3.63) is 54.5 Å². The van der Waals surface area contributed by atoms with Crippen LogP contribution < -0.4 is 5.32 Å². The summed E-state index contributed by atoms with van der Waals surface area (Å²) >= 11 is 1.52. The molecule has 22 heavy (non-hydrogen) atoms. The number of anilines is 1. The average molecular weight is 317 g/mol. The summed E-state index contributed by atoms with van der Waals surface area (Å²) in [5, 5.41) is 2.71. The number of hydrogen-bond donors (Lipinski definition) is 1. The van der Waals surface area contributed by atoms with Crippen LogP contribution in [0, 0.1) is 0 Å². The summed E-state index contributed by atoms with van der Waals surface area (Å²) in [7, 11) is 0. The summed E-state index contributed by atoms with van der Waals surface area (Å²) in [5.41, 5.74) is 0.696. The second kappa shape index (κ2) is 8.09. The van der Waals surface area contributed by atoms with E-state index in [9.17, 15) is 9.59 Å². The molecule has 0 aliphatic rings. The molecule has 2 rings (SSSR count). The zero-order valence-corrected chi connectivity index (χ0v) is 12.8. The second-order valence-corrected chi connectivity index (χ2v) is 5.05. The van der Waals surface area contributed by atoms with Crippen LogP contribution in [0.5, 0.6) is 0 Å². The van der Waals surface area contributed by atoms with Crippen LogP contribution in [-0.4, -0.2) is 24.7 Å². The van der Waals surface area contributed by atoms with E-state index < -0.39 is 5.97 Å². The Labute approximate surface area is 132 Å². The van der Waals surface area contributed by atoms with Crippen LogP contribution in [-0.2, 0) is 14.3 Å². The molecule has 0 fully saturated rings. The lowest BCUT2D eigenvalue weighted by Crippen LogP contribution is -2.20. The highest BCUT2D eigenvalue weighted by atomic mass is 32.2. The van der Waals surface area contributed by atoms with Gasteiger partial charge in [-0.3, -0.25) is 4.79 Å². The van der Waals surface area contributed by atoms with Crippen molar-refractivity contribution in [3.63, 3.8) is 0 Å². The maximum Gasteiger partial charge on any atom is 0.331 e. The minimum atomic E-state index is -0.607. The van der Waals surface area contributed by atoms with Crippen LogP contribution >= 0.6 is 11.8 Å². The number of benzene rings is 1. The van der Waals surface area contributed by atoms with Crippen molar-refractivity contribution in [1.29, 1.82) is 0 Å². The van der Waals surface area contributed by atoms with Gasteiger partial charge < -0.3 is 14.5 Å². The molecule has 114 valence electrons. The first-order valence-electron chi connectivity index (χ1n) is 6.50. The highest BCUT2D eigenvalue weighted by molar-refractivity contribution is 7.98. The minimum absolute atomic E-state index is 0.343. The lowest BCUT2D eigenvalue weighted by atomic mass is 10.3. The zero-order valence-electron chi connectivity index (χ0n) is 11.9. The minimum Gasteiger partial charge on any atom is -0.465 e. The van der Waals surface area contributed by atoms with E-state index in [-0.39, 0.29) is 12.5 Å². The van der Waals surface area contributed by atoms with Crippen molar-refractivity contribution in [2.45, 2.75) is 4.90 Å². The van der Waals surface area contributed by atoms with Crippen LogP contribution in [0.3, 0.4) is 0 Å². The van der Waals surface area contributed by atoms with E-state index in [1.165, 1.54) is 30.2 Å². The molecule has 5 nitrogen and oxygen atoms in total. The fourth-order valence-corrected chi connectivity index (χ4v) is 2.21. The molecule has 0 saturated carbocycles. The number of thioether (sulfide) groups is 1. The van der Waals surface area contributed by atoms with Crippen LogP contribution in [0.4, 0.5) is 5.69 Å². The van der Waals surface area contributed by atoms with E-state index >= 15 is 0 Å². The first-order valence-corrected chi connectivity index (χ1v) is 7.72. The van der Waals surface area contributed by atoms with Gasteiger partial charge in [-0.1, -0.05) is 12.1 Å². The third-order valence-corrected chi connectivity index (χ3v) is 3.45. The summed E-state index contributed by atoms with van der Waals surface area (Å²) in [4.78, 5) is 24.2. The van der Waals surface area contributed by atoms with E-state index in [0.717, 1.165) is 4.90 Å². The van der Waals surface area contributed by atoms with Crippen molar-refractivity contribution in [2.24, 2.45) is 0 Å². The molecule has 0 aliphatic carbocycles. The molecule has 1 amide bonds. The van der Waals surface area contributed by atoms with Gasteiger partial charge in [0, 0.05) is 11.0 Å². The Morgan fingerprint density at radius 3 is 2.82 bits per heavy atom. The number of rotatable bonds is 6. The average Bonchev–Trinajstić information content (AvgIpc) is 3.05. The molecule has 0 bridgehead atoms. The molecule has 2 aromatic rings. The molecule has 0 atom stereocenters. The largest absolute Gasteiger partial charge is 0.465 e. The molecule has 1 N–H and O–H groups in total. The molecule has 0 aliphatic heterocycles. The third kappa shape index (κ3) is 4.82. The standard InChI is InChI=1S/C16H15NO4S/c1-22-14-7-3-2-6-13(14)17-15(18)11-21-16(19)9-8-12-5-4-10-20-12/h2-10H,11H2,1H3,(H,17,18)/b9-8+. The quantitative estimate of drug-likeness (QED) is 0.503. The van der Waals surface area contributed by atoms with Crippen molar-refractivity contribution >= 4 is 35.4 Å². The van der Waals surface area contributed by atoms with E-state index in [0.29, 0.717) is 11.4 Å². The predicted octanol–water partition coefficient (Wildman–Crippen LogP) is 3.20.